The Hall–Kier alpha value is -2.34. The average Bonchev–Trinajstić information content (AvgIpc) is 2.54. The normalized spacial score (nSPS) is 17.2. The Balaban J connectivity index is 1.86. The van der Waals surface area contributed by atoms with Gasteiger partial charge in [-0.3, -0.25) is 9.52 Å². The van der Waals surface area contributed by atoms with Gasteiger partial charge in [0.1, 0.15) is 0 Å². The lowest BCUT2D eigenvalue weighted by Crippen LogP contribution is -2.36. The van der Waals surface area contributed by atoms with Crippen LogP contribution in [0.1, 0.15) is 35.2 Å². The number of hydrogen-bond donors (Lipinski definition) is 1. The number of anilines is 2. The zero-order valence-corrected chi connectivity index (χ0v) is 14.5. The van der Waals surface area contributed by atoms with Gasteiger partial charge < -0.3 is 4.90 Å². The molecule has 24 heavy (non-hydrogen) atoms. The lowest BCUT2D eigenvalue weighted by atomic mass is 9.91. The molecule has 126 valence electrons. The van der Waals surface area contributed by atoms with E-state index in [-0.39, 0.29) is 5.91 Å². The number of benzene rings is 2. The molecule has 0 saturated carbocycles. The van der Waals surface area contributed by atoms with Crippen molar-refractivity contribution in [1.29, 1.82) is 0 Å². The van der Waals surface area contributed by atoms with Crippen LogP contribution in [-0.4, -0.2) is 27.1 Å². The standard InChI is InChI=1S/C18H20N2O3S/c1-13-11-12-20(17-6-4-3-5-16(13)17)18(21)14-7-9-15(10-8-14)19-24(2,22)23/h3-10,13,19H,11-12H2,1-2H3/t13-/m1/s1. The van der Waals surface area contributed by atoms with Crippen LogP contribution in [0.2, 0.25) is 0 Å². The number of hydrogen-bond acceptors (Lipinski definition) is 3. The van der Waals surface area contributed by atoms with Crippen molar-refractivity contribution in [2.75, 3.05) is 22.4 Å². The van der Waals surface area contributed by atoms with Crippen LogP contribution in [0, 0.1) is 0 Å². The van der Waals surface area contributed by atoms with Crippen molar-refractivity contribution < 1.29 is 13.2 Å². The predicted molar refractivity (Wildman–Crippen MR) is 96.1 cm³/mol. The van der Waals surface area contributed by atoms with Gasteiger partial charge in [0.2, 0.25) is 10.0 Å². The van der Waals surface area contributed by atoms with E-state index in [2.05, 4.69) is 17.7 Å². The van der Waals surface area contributed by atoms with Gasteiger partial charge in [0.05, 0.1) is 6.26 Å². The van der Waals surface area contributed by atoms with Gasteiger partial charge in [0.15, 0.2) is 0 Å². The number of nitrogens with zero attached hydrogens (tertiary/aromatic N) is 1. The van der Waals surface area contributed by atoms with E-state index in [9.17, 15) is 13.2 Å². The number of fused-ring (bicyclic) bond motifs is 1. The maximum Gasteiger partial charge on any atom is 0.258 e. The Morgan fingerprint density at radius 3 is 2.46 bits per heavy atom. The molecule has 0 spiro atoms. The summed E-state index contributed by atoms with van der Waals surface area (Å²) in [6.45, 7) is 2.85. The largest absolute Gasteiger partial charge is 0.308 e. The van der Waals surface area contributed by atoms with Crippen LogP contribution in [0.15, 0.2) is 48.5 Å². The fourth-order valence-corrected chi connectivity index (χ4v) is 3.57. The predicted octanol–water partition coefficient (Wildman–Crippen LogP) is 3.21. The Bertz CT molecular complexity index is 860. The highest BCUT2D eigenvalue weighted by Gasteiger charge is 2.26. The summed E-state index contributed by atoms with van der Waals surface area (Å²) < 4.78 is 24.9. The second kappa shape index (κ2) is 6.28. The molecule has 3 rings (SSSR count). The lowest BCUT2D eigenvalue weighted by Gasteiger charge is -2.33. The molecule has 2 aromatic rings. The van der Waals surface area contributed by atoms with Crippen LogP contribution in [-0.2, 0) is 10.0 Å². The van der Waals surface area contributed by atoms with E-state index in [1.54, 1.807) is 29.2 Å². The van der Waals surface area contributed by atoms with E-state index in [4.69, 9.17) is 0 Å². The molecule has 1 atom stereocenters. The highest BCUT2D eigenvalue weighted by Crippen LogP contribution is 2.35. The first-order valence-electron chi connectivity index (χ1n) is 7.84. The van der Waals surface area contributed by atoms with Crippen LogP contribution < -0.4 is 9.62 Å². The van der Waals surface area contributed by atoms with Crippen LogP contribution in [0.4, 0.5) is 11.4 Å². The Morgan fingerprint density at radius 1 is 1.12 bits per heavy atom. The van der Waals surface area contributed by atoms with Crippen molar-refractivity contribution in [1.82, 2.24) is 0 Å². The summed E-state index contributed by atoms with van der Waals surface area (Å²) in [6.07, 6.45) is 2.02. The molecule has 1 aliphatic heterocycles. The topological polar surface area (TPSA) is 66.5 Å². The van der Waals surface area contributed by atoms with Crippen molar-refractivity contribution in [2.45, 2.75) is 19.3 Å². The highest BCUT2D eigenvalue weighted by molar-refractivity contribution is 7.92. The molecule has 1 aliphatic rings. The minimum absolute atomic E-state index is 0.0692. The molecule has 0 saturated heterocycles. The van der Waals surface area contributed by atoms with Gasteiger partial charge in [-0.1, -0.05) is 25.1 Å². The van der Waals surface area contributed by atoms with E-state index in [0.29, 0.717) is 23.7 Å². The summed E-state index contributed by atoms with van der Waals surface area (Å²) >= 11 is 0. The molecule has 0 aromatic heterocycles. The van der Waals surface area contributed by atoms with E-state index in [0.717, 1.165) is 18.4 Å². The smallest absolute Gasteiger partial charge is 0.258 e. The van der Waals surface area contributed by atoms with Crippen molar-refractivity contribution >= 4 is 27.3 Å². The van der Waals surface area contributed by atoms with Gasteiger partial charge in [0.25, 0.3) is 5.91 Å². The van der Waals surface area contributed by atoms with Crippen molar-refractivity contribution in [3.63, 3.8) is 0 Å². The third-order valence-electron chi connectivity index (χ3n) is 4.22. The molecular weight excluding hydrogens is 324 g/mol. The maximum atomic E-state index is 12.9. The number of rotatable bonds is 3. The molecule has 0 radical (unpaired) electrons. The van der Waals surface area contributed by atoms with Crippen molar-refractivity contribution in [3.05, 3.63) is 59.7 Å². The average molecular weight is 344 g/mol. The van der Waals surface area contributed by atoms with Crippen LogP contribution >= 0.6 is 0 Å². The van der Waals surface area contributed by atoms with Gasteiger partial charge >= 0.3 is 0 Å². The molecule has 0 fully saturated rings. The summed E-state index contributed by atoms with van der Waals surface area (Å²) in [5, 5.41) is 0. The van der Waals surface area contributed by atoms with E-state index < -0.39 is 10.0 Å². The van der Waals surface area contributed by atoms with Crippen LogP contribution in [0.3, 0.4) is 0 Å². The number of carbonyl (C=O) groups is 1. The fourth-order valence-electron chi connectivity index (χ4n) is 3.01. The van der Waals surface area contributed by atoms with Gasteiger partial charge in [-0.15, -0.1) is 0 Å². The number of sulfonamides is 1. The number of amides is 1. The Morgan fingerprint density at radius 2 is 1.79 bits per heavy atom. The summed E-state index contributed by atoms with van der Waals surface area (Å²) in [7, 11) is -3.32. The zero-order valence-electron chi connectivity index (χ0n) is 13.7. The molecule has 6 heteroatoms. The Labute approximate surface area is 142 Å². The molecule has 0 bridgehead atoms. The van der Waals surface area contributed by atoms with Crippen molar-refractivity contribution in [2.24, 2.45) is 0 Å². The molecule has 2 aromatic carbocycles. The first-order valence-corrected chi connectivity index (χ1v) is 9.73. The highest BCUT2D eigenvalue weighted by atomic mass is 32.2. The third kappa shape index (κ3) is 3.43. The van der Waals surface area contributed by atoms with Crippen LogP contribution in [0.25, 0.3) is 0 Å². The molecule has 0 unspecified atom stereocenters. The van der Waals surface area contributed by atoms with Crippen LogP contribution in [0.5, 0.6) is 0 Å². The molecule has 1 heterocycles. The van der Waals surface area contributed by atoms with E-state index in [1.807, 2.05) is 18.2 Å². The van der Waals surface area contributed by atoms with E-state index in [1.165, 1.54) is 5.56 Å². The minimum atomic E-state index is -3.32. The minimum Gasteiger partial charge on any atom is -0.308 e. The molecule has 1 amide bonds. The second-order valence-corrected chi connectivity index (χ2v) is 7.91. The summed E-state index contributed by atoms with van der Waals surface area (Å²) in [4.78, 5) is 14.7. The summed E-state index contributed by atoms with van der Waals surface area (Å²) in [6, 6.07) is 14.5. The second-order valence-electron chi connectivity index (χ2n) is 6.16. The quantitative estimate of drug-likeness (QED) is 0.930. The SMILES string of the molecule is C[C@@H]1CCN(C(=O)c2ccc(NS(C)(=O)=O)cc2)c2ccccc21. The first kappa shape index (κ1) is 16.5. The van der Waals surface area contributed by atoms with Gasteiger partial charge in [0, 0.05) is 23.5 Å². The first-order chi connectivity index (χ1) is 11.3. The van der Waals surface area contributed by atoms with Gasteiger partial charge in [-0.2, -0.15) is 0 Å². The number of para-hydroxylation sites is 1. The molecule has 0 aliphatic carbocycles. The lowest BCUT2D eigenvalue weighted by molar-refractivity contribution is 0.0984. The molecule has 5 nitrogen and oxygen atoms in total. The zero-order chi connectivity index (χ0) is 17.3. The monoisotopic (exact) mass is 344 g/mol. The van der Waals surface area contributed by atoms with Crippen molar-refractivity contribution in [3.8, 4) is 0 Å². The van der Waals surface area contributed by atoms with Gasteiger partial charge in [-0.05, 0) is 48.2 Å². The van der Waals surface area contributed by atoms with Gasteiger partial charge in [-0.25, -0.2) is 8.42 Å². The van der Waals surface area contributed by atoms with E-state index >= 15 is 0 Å². The number of carbonyl (C=O) groups excluding carboxylic acids is 1. The Kier molecular flexibility index (Phi) is 4.32. The fraction of sp³-hybridized carbons (Fsp3) is 0.278. The maximum absolute atomic E-state index is 12.9. The molecule has 1 N–H and O–H groups in total. The summed E-state index contributed by atoms with van der Waals surface area (Å²) in [5.41, 5.74) is 3.13. The number of nitrogens with one attached hydrogen (secondary N) is 1. The third-order valence-corrected chi connectivity index (χ3v) is 4.83. The summed E-state index contributed by atoms with van der Waals surface area (Å²) in [5.74, 6) is 0.367. The molecular formula is C18H20N2O3S.